The molecule has 0 radical (unpaired) electrons. The second kappa shape index (κ2) is 7.90. The van der Waals surface area contributed by atoms with Crippen molar-refractivity contribution in [2.75, 3.05) is 0 Å². The van der Waals surface area contributed by atoms with E-state index in [2.05, 4.69) is 4.98 Å². The first-order valence-corrected chi connectivity index (χ1v) is 8.57. The standard InChI is InChI=1S/C19H14ClNO2S/c20-16-9-6-14(7-10-16)8-11-18(22)23-12-17-13-24-19(21-17)15-4-2-1-3-5-15/h1-11,13H,12H2/b11-8+. The van der Waals surface area contributed by atoms with Crippen molar-refractivity contribution in [2.24, 2.45) is 0 Å². The lowest BCUT2D eigenvalue weighted by Crippen LogP contribution is -2.00. The van der Waals surface area contributed by atoms with Gasteiger partial charge in [0.1, 0.15) is 11.6 Å². The Balaban J connectivity index is 1.55. The fraction of sp³-hybridized carbons (Fsp3) is 0.0526. The number of thiazole rings is 1. The smallest absolute Gasteiger partial charge is 0.331 e. The number of hydrogen-bond acceptors (Lipinski definition) is 4. The SMILES string of the molecule is O=C(/C=C/c1ccc(Cl)cc1)OCc1csc(-c2ccccc2)n1. The van der Waals surface area contributed by atoms with E-state index in [1.54, 1.807) is 18.2 Å². The van der Waals surface area contributed by atoms with Crippen molar-refractivity contribution in [2.45, 2.75) is 6.61 Å². The quantitative estimate of drug-likeness (QED) is 0.465. The summed E-state index contributed by atoms with van der Waals surface area (Å²) in [7, 11) is 0. The van der Waals surface area contributed by atoms with E-state index in [0.29, 0.717) is 5.02 Å². The van der Waals surface area contributed by atoms with Gasteiger partial charge in [-0.25, -0.2) is 9.78 Å². The van der Waals surface area contributed by atoms with Crippen LogP contribution in [0.2, 0.25) is 5.02 Å². The van der Waals surface area contributed by atoms with Gasteiger partial charge in [0.05, 0.1) is 5.69 Å². The molecule has 0 aliphatic carbocycles. The van der Waals surface area contributed by atoms with Crippen LogP contribution in [-0.2, 0) is 16.1 Å². The minimum atomic E-state index is -0.404. The number of esters is 1. The Bertz CT molecular complexity index is 841. The molecule has 0 aliphatic heterocycles. The Morgan fingerprint density at radius 3 is 2.62 bits per heavy atom. The molecular weight excluding hydrogens is 342 g/mol. The summed E-state index contributed by atoms with van der Waals surface area (Å²) >= 11 is 7.35. The monoisotopic (exact) mass is 355 g/mol. The average Bonchev–Trinajstić information content (AvgIpc) is 3.09. The highest BCUT2D eigenvalue weighted by molar-refractivity contribution is 7.13. The molecule has 0 saturated carbocycles. The third kappa shape index (κ3) is 4.54. The van der Waals surface area contributed by atoms with Crippen LogP contribution < -0.4 is 0 Å². The van der Waals surface area contributed by atoms with Crippen LogP contribution in [0.1, 0.15) is 11.3 Å². The predicted molar refractivity (Wildman–Crippen MR) is 97.8 cm³/mol. The first-order chi connectivity index (χ1) is 11.7. The molecule has 0 amide bonds. The highest BCUT2D eigenvalue weighted by atomic mass is 35.5. The van der Waals surface area contributed by atoms with E-state index in [9.17, 15) is 4.79 Å². The summed E-state index contributed by atoms with van der Waals surface area (Å²) in [6.45, 7) is 0.160. The molecule has 3 nitrogen and oxygen atoms in total. The fourth-order valence-electron chi connectivity index (χ4n) is 2.02. The van der Waals surface area contributed by atoms with Crippen LogP contribution >= 0.6 is 22.9 Å². The van der Waals surface area contributed by atoms with Crippen molar-refractivity contribution in [3.63, 3.8) is 0 Å². The van der Waals surface area contributed by atoms with Crippen molar-refractivity contribution < 1.29 is 9.53 Å². The van der Waals surface area contributed by atoms with Crippen molar-refractivity contribution in [1.29, 1.82) is 0 Å². The van der Waals surface area contributed by atoms with E-state index >= 15 is 0 Å². The summed E-state index contributed by atoms with van der Waals surface area (Å²) < 4.78 is 5.22. The van der Waals surface area contributed by atoms with Gasteiger partial charge in [0.25, 0.3) is 0 Å². The van der Waals surface area contributed by atoms with Crippen LogP contribution in [0.5, 0.6) is 0 Å². The number of rotatable bonds is 5. The van der Waals surface area contributed by atoms with Crippen LogP contribution in [0.25, 0.3) is 16.6 Å². The third-order valence-electron chi connectivity index (χ3n) is 3.22. The van der Waals surface area contributed by atoms with Crippen molar-refractivity contribution in [1.82, 2.24) is 4.98 Å². The molecule has 0 unspecified atom stereocenters. The van der Waals surface area contributed by atoms with Crippen LogP contribution in [-0.4, -0.2) is 11.0 Å². The van der Waals surface area contributed by atoms with Gasteiger partial charge in [-0.15, -0.1) is 11.3 Å². The number of ether oxygens (including phenoxy) is 1. The molecule has 5 heteroatoms. The molecule has 1 aromatic heterocycles. The number of halogens is 1. The molecule has 0 saturated heterocycles. The molecule has 0 atom stereocenters. The predicted octanol–water partition coefficient (Wildman–Crippen LogP) is 5.22. The van der Waals surface area contributed by atoms with Gasteiger partial charge < -0.3 is 4.74 Å². The summed E-state index contributed by atoms with van der Waals surface area (Å²) in [6, 6.07) is 17.1. The van der Waals surface area contributed by atoms with Crippen LogP contribution in [0.15, 0.2) is 66.1 Å². The number of hydrogen-bond donors (Lipinski definition) is 0. The van der Waals surface area contributed by atoms with Crippen LogP contribution in [0.4, 0.5) is 0 Å². The van der Waals surface area contributed by atoms with Gasteiger partial charge in [0.2, 0.25) is 0 Å². The molecule has 3 rings (SSSR count). The number of carbonyl (C=O) groups excluding carboxylic acids is 1. The van der Waals surface area contributed by atoms with E-state index in [0.717, 1.165) is 21.8 Å². The number of benzene rings is 2. The molecule has 0 spiro atoms. The molecular formula is C19H14ClNO2S. The lowest BCUT2D eigenvalue weighted by molar-refractivity contribution is -0.139. The molecule has 0 aliphatic rings. The molecule has 120 valence electrons. The minimum absolute atomic E-state index is 0.160. The van der Waals surface area contributed by atoms with Gasteiger partial charge in [-0.2, -0.15) is 0 Å². The summed E-state index contributed by atoms with van der Waals surface area (Å²) in [5, 5.41) is 3.48. The Labute approximate surface area is 149 Å². The first-order valence-electron chi connectivity index (χ1n) is 7.31. The van der Waals surface area contributed by atoms with Gasteiger partial charge in [-0.05, 0) is 23.8 Å². The van der Waals surface area contributed by atoms with Gasteiger partial charge in [0, 0.05) is 22.0 Å². The number of nitrogens with zero attached hydrogens (tertiary/aromatic N) is 1. The maximum absolute atomic E-state index is 11.8. The average molecular weight is 356 g/mol. The third-order valence-corrected chi connectivity index (χ3v) is 4.41. The maximum Gasteiger partial charge on any atom is 0.331 e. The van der Waals surface area contributed by atoms with E-state index in [1.807, 2.05) is 47.8 Å². The van der Waals surface area contributed by atoms with Crippen molar-refractivity contribution in [3.05, 3.63) is 82.3 Å². The maximum atomic E-state index is 11.8. The molecule has 3 aromatic rings. The summed E-state index contributed by atoms with van der Waals surface area (Å²) in [5.74, 6) is -0.404. The Hall–Kier alpha value is -2.43. The Kier molecular flexibility index (Phi) is 5.41. The van der Waals surface area contributed by atoms with Gasteiger partial charge >= 0.3 is 5.97 Å². The largest absolute Gasteiger partial charge is 0.456 e. The lowest BCUT2D eigenvalue weighted by atomic mass is 10.2. The molecule has 0 bridgehead atoms. The van der Waals surface area contributed by atoms with Crippen molar-refractivity contribution >= 4 is 35.0 Å². The zero-order chi connectivity index (χ0) is 16.8. The first kappa shape index (κ1) is 16.4. The molecule has 0 N–H and O–H groups in total. The topological polar surface area (TPSA) is 39.2 Å². The summed E-state index contributed by atoms with van der Waals surface area (Å²) in [6.07, 6.45) is 3.09. The minimum Gasteiger partial charge on any atom is -0.456 e. The van der Waals surface area contributed by atoms with Crippen molar-refractivity contribution in [3.8, 4) is 10.6 Å². The molecule has 24 heavy (non-hydrogen) atoms. The Morgan fingerprint density at radius 2 is 1.88 bits per heavy atom. The van der Waals surface area contributed by atoms with Crippen LogP contribution in [0.3, 0.4) is 0 Å². The second-order valence-electron chi connectivity index (χ2n) is 5.00. The second-order valence-corrected chi connectivity index (χ2v) is 6.30. The van der Waals surface area contributed by atoms with Gasteiger partial charge in [-0.3, -0.25) is 0 Å². The number of aromatic nitrogens is 1. The Morgan fingerprint density at radius 1 is 1.12 bits per heavy atom. The summed E-state index contributed by atoms with van der Waals surface area (Å²) in [5.41, 5.74) is 2.69. The van der Waals surface area contributed by atoms with Crippen LogP contribution in [0, 0.1) is 0 Å². The highest BCUT2D eigenvalue weighted by Crippen LogP contribution is 2.23. The molecule has 0 fully saturated rings. The molecule has 1 heterocycles. The van der Waals surface area contributed by atoms with E-state index in [1.165, 1.54) is 17.4 Å². The normalized spacial score (nSPS) is 10.9. The van der Waals surface area contributed by atoms with E-state index < -0.39 is 5.97 Å². The van der Waals surface area contributed by atoms with Gasteiger partial charge in [0.15, 0.2) is 0 Å². The fourth-order valence-corrected chi connectivity index (χ4v) is 2.95. The zero-order valence-electron chi connectivity index (χ0n) is 12.7. The van der Waals surface area contributed by atoms with E-state index in [4.69, 9.17) is 16.3 Å². The zero-order valence-corrected chi connectivity index (χ0v) is 14.3. The van der Waals surface area contributed by atoms with Gasteiger partial charge in [-0.1, -0.05) is 54.1 Å². The van der Waals surface area contributed by atoms with E-state index in [-0.39, 0.29) is 6.61 Å². The number of carbonyl (C=O) groups is 1. The summed E-state index contributed by atoms with van der Waals surface area (Å²) in [4.78, 5) is 16.3. The molecule has 2 aromatic carbocycles. The lowest BCUT2D eigenvalue weighted by Gasteiger charge is -1.99. The highest BCUT2D eigenvalue weighted by Gasteiger charge is 2.06.